The molecule has 1 saturated heterocycles. The van der Waals surface area contributed by atoms with Gasteiger partial charge in [-0.1, -0.05) is 12.1 Å². The fraction of sp³-hybridized carbons (Fsp3) is 0.385. The summed E-state index contributed by atoms with van der Waals surface area (Å²) in [6, 6.07) is 5.97. The lowest BCUT2D eigenvalue weighted by Gasteiger charge is -2.24. The average molecular weight is 262 g/mol. The van der Waals surface area contributed by atoms with Crippen molar-refractivity contribution in [3.63, 3.8) is 0 Å². The fourth-order valence-corrected chi connectivity index (χ4v) is 3.35. The summed E-state index contributed by atoms with van der Waals surface area (Å²) in [7, 11) is 0. The summed E-state index contributed by atoms with van der Waals surface area (Å²) in [4.78, 5) is 15.9. The second kappa shape index (κ2) is 4.33. The summed E-state index contributed by atoms with van der Waals surface area (Å²) in [6.45, 7) is 0.777. The molecule has 0 spiro atoms. The molecule has 4 nitrogen and oxygen atoms in total. The van der Waals surface area contributed by atoms with E-state index in [1.54, 1.807) is 11.3 Å². The van der Waals surface area contributed by atoms with E-state index in [1.165, 1.54) is 0 Å². The molecule has 94 valence electrons. The lowest BCUT2D eigenvalue weighted by molar-refractivity contribution is -0.144. The van der Waals surface area contributed by atoms with E-state index in [9.17, 15) is 9.90 Å². The number of nitrogens with one attached hydrogen (secondary N) is 1. The maximum atomic E-state index is 11.5. The number of aromatic nitrogens is 1. The van der Waals surface area contributed by atoms with Crippen molar-refractivity contribution in [3.05, 3.63) is 29.3 Å². The van der Waals surface area contributed by atoms with Crippen molar-refractivity contribution in [2.45, 2.75) is 24.8 Å². The minimum absolute atomic E-state index is 0.503. The van der Waals surface area contributed by atoms with E-state index in [1.807, 2.05) is 23.7 Å². The van der Waals surface area contributed by atoms with Gasteiger partial charge in [0.25, 0.3) is 0 Å². The van der Waals surface area contributed by atoms with Gasteiger partial charge in [0.2, 0.25) is 0 Å². The van der Waals surface area contributed by atoms with E-state index in [-0.39, 0.29) is 0 Å². The Labute approximate surface area is 109 Å². The van der Waals surface area contributed by atoms with Gasteiger partial charge in [-0.3, -0.25) is 4.79 Å². The van der Waals surface area contributed by atoms with Crippen molar-refractivity contribution < 1.29 is 9.90 Å². The van der Waals surface area contributed by atoms with Gasteiger partial charge < -0.3 is 10.4 Å². The maximum absolute atomic E-state index is 11.5. The van der Waals surface area contributed by atoms with E-state index in [4.69, 9.17) is 0 Å². The van der Waals surface area contributed by atoms with Gasteiger partial charge in [0.05, 0.1) is 15.7 Å². The molecule has 18 heavy (non-hydrogen) atoms. The molecule has 0 radical (unpaired) electrons. The Morgan fingerprint density at radius 1 is 1.56 bits per heavy atom. The number of hydrogen-bond donors (Lipinski definition) is 2. The summed E-state index contributed by atoms with van der Waals surface area (Å²) in [5.74, 6) is -0.757. The van der Waals surface area contributed by atoms with Gasteiger partial charge in [-0.2, -0.15) is 0 Å². The molecule has 3 rings (SSSR count). The molecule has 2 aromatic rings. The first kappa shape index (κ1) is 11.6. The van der Waals surface area contributed by atoms with Gasteiger partial charge in [-0.25, -0.2) is 4.98 Å². The van der Waals surface area contributed by atoms with Crippen molar-refractivity contribution in [2.75, 3.05) is 6.54 Å². The van der Waals surface area contributed by atoms with Crippen LogP contribution in [0.25, 0.3) is 10.2 Å². The number of benzene rings is 1. The smallest absolute Gasteiger partial charge is 0.324 e. The summed E-state index contributed by atoms with van der Waals surface area (Å²) < 4.78 is 1.12. The zero-order valence-electron chi connectivity index (χ0n) is 9.85. The van der Waals surface area contributed by atoms with Crippen LogP contribution in [0.5, 0.6) is 0 Å². The van der Waals surface area contributed by atoms with Crippen molar-refractivity contribution in [1.82, 2.24) is 10.3 Å². The van der Waals surface area contributed by atoms with Crippen LogP contribution in [0.4, 0.5) is 0 Å². The monoisotopic (exact) mass is 262 g/mol. The van der Waals surface area contributed by atoms with Crippen LogP contribution in [-0.2, 0) is 11.2 Å². The molecule has 1 fully saturated rings. The van der Waals surface area contributed by atoms with Crippen LogP contribution in [0.3, 0.4) is 0 Å². The van der Waals surface area contributed by atoms with E-state index < -0.39 is 11.5 Å². The first-order valence-electron chi connectivity index (χ1n) is 6.01. The molecule has 0 unspecified atom stereocenters. The summed E-state index contributed by atoms with van der Waals surface area (Å²) in [5, 5.41) is 12.6. The Morgan fingerprint density at radius 3 is 3.17 bits per heavy atom. The quantitative estimate of drug-likeness (QED) is 0.888. The van der Waals surface area contributed by atoms with Gasteiger partial charge in [-0.15, -0.1) is 11.3 Å². The number of aliphatic carboxylic acids is 1. The number of carboxylic acids is 1. The Bertz CT molecular complexity index is 587. The van der Waals surface area contributed by atoms with Crippen LogP contribution in [0.15, 0.2) is 23.7 Å². The highest BCUT2D eigenvalue weighted by Gasteiger charge is 2.41. The van der Waals surface area contributed by atoms with Crippen molar-refractivity contribution in [2.24, 2.45) is 0 Å². The number of carboxylic acid groups (broad SMARTS) is 1. The van der Waals surface area contributed by atoms with Crippen LogP contribution in [0.2, 0.25) is 0 Å². The topological polar surface area (TPSA) is 62.2 Å². The molecule has 1 aromatic carbocycles. The number of fused-ring (bicyclic) bond motifs is 1. The van der Waals surface area contributed by atoms with Crippen molar-refractivity contribution in [1.29, 1.82) is 0 Å². The molecule has 0 aliphatic carbocycles. The molecule has 5 heteroatoms. The highest BCUT2D eigenvalue weighted by atomic mass is 32.1. The normalized spacial score (nSPS) is 23.6. The number of hydrogen-bond acceptors (Lipinski definition) is 4. The predicted molar refractivity (Wildman–Crippen MR) is 70.9 cm³/mol. The first-order chi connectivity index (χ1) is 8.71. The van der Waals surface area contributed by atoms with Crippen molar-refractivity contribution >= 4 is 27.5 Å². The highest BCUT2D eigenvalue weighted by Crippen LogP contribution is 2.29. The van der Waals surface area contributed by atoms with Crippen LogP contribution >= 0.6 is 11.3 Å². The van der Waals surface area contributed by atoms with Gasteiger partial charge in [-0.05, 0) is 31.0 Å². The summed E-state index contributed by atoms with van der Waals surface area (Å²) in [6.07, 6.45) is 2.10. The predicted octanol–water partition coefficient (Wildman–Crippen LogP) is 2.05. The molecule has 2 N–H and O–H groups in total. The number of rotatable bonds is 3. The average Bonchev–Trinajstić information content (AvgIpc) is 2.98. The van der Waals surface area contributed by atoms with E-state index in [0.717, 1.165) is 28.7 Å². The Balaban J connectivity index is 2.00. The third-order valence-electron chi connectivity index (χ3n) is 3.59. The molecular formula is C13H14N2O2S. The van der Waals surface area contributed by atoms with E-state index in [2.05, 4.69) is 10.3 Å². The van der Waals surface area contributed by atoms with Crippen LogP contribution in [-0.4, -0.2) is 28.1 Å². The summed E-state index contributed by atoms with van der Waals surface area (Å²) >= 11 is 1.59. The molecule has 0 bridgehead atoms. The largest absolute Gasteiger partial charge is 0.480 e. The Kier molecular flexibility index (Phi) is 2.80. The zero-order valence-corrected chi connectivity index (χ0v) is 10.7. The minimum Gasteiger partial charge on any atom is -0.480 e. The second-order valence-electron chi connectivity index (χ2n) is 4.71. The lowest BCUT2D eigenvalue weighted by atomic mass is 9.89. The number of thiazole rings is 1. The molecule has 1 aromatic heterocycles. The van der Waals surface area contributed by atoms with Crippen LogP contribution in [0, 0.1) is 0 Å². The molecule has 1 atom stereocenters. The fourth-order valence-electron chi connectivity index (χ4n) is 2.63. The van der Waals surface area contributed by atoms with Gasteiger partial charge >= 0.3 is 5.97 Å². The SMILES string of the molecule is O=C(O)[C@]1(Cc2cccc3scnc23)CCCN1. The molecular weight excluding hydrogens is 248 g/mol. The van der Waals surface area contributed by atoms with E-state index in [0.29, 0.717) is 12.8 Å². The van der Waals surface area contributed by atoms with Gasteiger partial charge in [0.15, 0.2) is 0 Å². The Morgan fingerprint density at radius 2 is 2.44 bits per heavy atom. The Hall–Kier alpha value is -1.46. The third-order valence-corrected chi connectivity index (χ3v) is 4.38. The summed E-state index contributed by atoms with van der Waals surface area (Å²) in [5.41, 5.74) is 2.96. The highest BCUT2D eigenvalue weighted by molar-refractivity contribution is 7.16. The molecule has 0 saturated carbocycles. The van der Waals surface area contributed by atoms with Crippen molar-refractivity contribution in [3.8, 4) is 0 Å². The van der Waals surface area contributed by atoms with Gasteiger partial charge in [0, 0.05) is 6.42 Å². The number of carbonyl (C=O) groups is 1. The molecule has 0 amide bonds. The van der Waals surface area contributed by atoms with Crippen LogP contribution in [0.1, 0.15) is 18.4 Å². The molecule has 1 aliphatic rings. The maximum Gasteiger partial charge on any atom is 0.324 e. The number of nitrogens with zero attached hydrogens (tertiary/aromatic N) is 1. The first-order valence-corrected chi connectivity index (χ1v) is 6.89. The minimum atomic E-state index is -0.808. The number of para-hydroxylation sites is 1. The lowest BCUT2D eigenvalue weighted by Crippen LogP contribution is -2.49. The van der Waals surface area contributed by atoms with Gasteiger partial charge in [0.1, 0.15) is 5.54 Å². The molecule has 1 aliphatic heterocycles. The zero-order chi connectivity index (χ0) is 12.6. The molecule has 2 heterocycles. The second-order valence-corrected chi connectivity index (χ2v) is 5.60. The third kappa shape index (κ3) is 1.79. The van der Waals surface area contributed by atoms with Crippen LogP contribution < -0.4 is 5.32 Å². The van der Waals surface area contributed by atoms with E-state index >= 15 is 0 Å². The standard InChI is InChI=1S/C13H14N2O2S/c16-12(17)13(5-2-6-15-13)7-9-3-1-4-10-11(9)14-8-18-10/h1,3-4,8,15H,2,5-7H2,(H,16,17)/t13-/m1/s1.